The van der Waals surface area contributed by atoms with Gasteiger partial charge < -0.3 is 9.43 Å². The Labute approximate surface area is 184 Å². The van der Waals surface area contributed by atoms with E-state index >= 15 is 0 Å². The molecule has 0 radical (unpaired) electrons. The van der Waals surface area contributed by atoms with E-state index < -0.39 is 8.32 Å². The van der Waals surface area contributed by atoms with Crippen molar-refractivity contribution < 1.29 is 4.43 Å². The number of benzene rings is 2. The number of rotatable bonds is 9. The van der Waals surface area contributed by atoms with E-state index in [2.05, 4.69) is 100 Å². The molecule has 2 aromatic carbocycles. The first-order chi connectivity index (χ1) is 14.0. The summed E-state index contributed by atoms with van der Waals surface area (Å²) < 4.78 is 6.93. The maximum Gasteiger partial charge on any atom is 0.251 e. The number of hydrogen-bond donors (Lipinski definition) is 0. The van der Waals surface area contributed by atoms with Gasteiger partial charge in [0.25, 0.3) is 8.32 Å². The molecule has 0 saturated heterocycles. The fourth-order valence-electron chi connectivity index (χ4n) is 3.16. The molecule has 0 heterocycles. The van der Waals surface area contributed by atoms with Crippen molar-refractivity contribution in [2.75, 3.05) is 14.1 Å². The molecule has 0 aromatic heterocycles. The van der Waals surface area contributed by atoms with E-state index in [-0.39, 0.29) is 11.0 Å². The van der Waals surface area contributed by atoms with Crippen LogP contribution in [-0.2, 0) is 4.43 Å². The Balaban J connectivity index is 2.55. The van der Waals surface area contributed by atoms with Gasteiger partial charge in [-0.25, -0.2) is 0 Å². The summed E-state index contributed by atoms with van der Waals surface area (Å²) in [5, 5.41) is 6.49. The number of allylic oxidation sites excluding steroid dienone is 1. The first-order valence-electron chi connectivity index (χ1n) is 10.8. The highest BCUT2D eigenvalue weighted by Gasteiger charge is 2.45. The summed E-state index contributed by atoms with van der Waals surface area (Å²) in [4.78, 5) is 0. The summed E-state index contributed by atoms with van der Waals surface area (Å²) in [5.41, 5.74) is 2.31. The molecule has 0 spiro atoms. The Hall–Kier alpha value is -2.33. The van der Waals surface area contributed by atoms with E-state index in [0.717, 1.165) is 11.3 Å². The largest absolute Gasteiger partial charge is 0.543 e. The van der Waals surface area contributed by atoms with Crippen molar-refractivity contribution in [2.45, 2.75) is 51.7 Å². The Morgan fingerprint density at radius 2 is 1.50 bits per heavy atom. The lowest BCUT2D eigenvalue weighted by Gasteiger charge is -2.43. The van der Waals surface area contributed by atoms with Gasteiger partial charge in [-0.15, -0.1) is 0 Å². The van der Waals surface area contributed by atoms with Crippen LogP contribution in [0.25, 0.3) is 5.76 Å². The van der Waals surface area contributed by atoms with Crippen molar-refractivity contribution in [3.05, 3.63) is 77.9 Å². The third-order valence-electron chi connectivity index (χ3n) is 6.39. The highest BCUT2D eigenvalue weighted by atomic mass is 28.4. The van der Waals surface area contributed by atoms with Crippen LogP contribution in [0.2, 0.25) is 18.1 Å². The van der Waals surface area contributed by atoms with Crippen LogP contribution in [0.3, 0.4) is 0 Å². The Bertz CT molecular complexity index is 840. The average Bonchev–Trinajstić information content (AvgIpc) is 2.71. The second kappa shape index (κ2) is 10.1. The van der Waals surface area contributed by atoms with Gasteiger partial charge in [-0.3, -0.25) is 0 Å². The fraction of sp³-hybridized carbons (Fsp3) is 0.423. The molecule has 0 saturated carbocycles. The van der Waals surface area contributed by atoms with Crippen LogP contribution in [0.1, 0.15) is 44.7 Å². The SMILES string of the molecule is CC(C)C(C)(C)[Si](C)(C)O/C(=C/C(/C=N/N(C)C)c1ccccc1)c1ccccc1. The molecular formula is C26H38N2OSi. The van der Waals surface area contributed by atoms with Gasteiger partial charge >= 0.3 is 0 Å². The molecule has 30 heavy (non-hydrogen) atoms. The molecule has 2 rings (SSSR count). The van der Waals surface area contributed by atoms with Crippen molar-refractivity contribution in [3.8, 4) is 0 Å². The summed E-state index contributed by atoms with van der Waals surface area (Å²) >= 11 is 0. The molecule has 0 bridgehead atoms. The summed E-state index contributed by atoms with van der Waals surface area (Å²) in [7, 11) is 1.81. The number of nitrogens with zero attached hydrogens (tertiary/aromatic N) is 2. The molecule has 0 aliphatic rings. The molecule has 162 valence electrons. The highest BCUT2D eigenvalue weighted by Crippen LogP contribution is 2.46. The van der Waals surface area contributed by atoms with Gasteiger partial charge in [0.1, 0.15) is 5.76 Å². The Morgan fingerprint density at radius 1 is 0.967 bits per heavy atom. The van der Waals surface area contributed by atoms with Crippen LogP contribution in [0.15, 0.2) is 71.8 Å². The fourth-order valence-corrected chi connectivity index (χ4v) is 5.55. The van der Waals surface area contributed by atoms with Crippen LogP contribution in [-0.4, -0.2) is 33.6 Å². The van der Waals surface area contributed by atoms with Gasteiger partial charge in [0, 0.05) is 31.8 Å². The molecule has 1 atom stereocenters. The van der Waals surface area contributed by atoms with Gasteiger partial charge in [-0.1, -0.05) is 88.4 Å². The lowest BCUT2D eigenvalue weighted by Crippen LogP contribution is -2.44. The monoisotopic (exact) mass is 422 g/mol. The first kappa shape index (κ1) is 23.9. The zero-order valence-electron chi connectivity index (χ0n) is 19.9. The average molecular weight is 423 g/mol. The van der Waals surface area contributed by atoms with E-state index in [9.17, 15) is 0 Å². The molecule has 0 amide bonds. The normalized spacial score (nSPS) is 14.2. The highest BCUT2D eigenvalue weighted by molar-refractivity contribution is 6.75. The predicted molar refractivity (Wildman–Crippen MR) is 133 cm³/mol. The molecule has 3 nitrogen and oxygen atoms in total. The first-order valence-corrected chi connectivity index (χ1v) is 13.7. The molecule has 1 unspecified atom stereocenters. The minimum absolute atomic E-state index is 0.0239. The van der Waals surface area contributed by atoms with Crippen LogP contribution >= 0.6 is 0 Å². The third-order valence-corrected chi connectivity index (χ3v) is 10.8. The molecular weight excluding hydrogens is 384 g/mol. The zero-order valence-corrected chi connectivity index (χ0v) is 20.9. The summed E-state index contributed by atoms with van der Waals surface area (Å²) in [6, 6.07) is 20.9. The second-order valence-electron chi connectivity index (χ2n) is 9.43. The Morgan fingerprint density at radius 3 is 2.00 bits per heavy atom. The van der Waals surface area contributed by atoms with E-state index in [1.54, 1.807) is 0 Å². The lowest BCUT2D eigenvalue weighted by molar-refractivity contribution is 0.377. The minimum atomic E-state index is -2.08. The van der Waals surface area contributed by atoms with Gasteiger partial charge in [0.05, 0.1) is 0 Å². The quantitative estimate of drug-likeness (QED) is 0.188. The molecule has 0 aliphatic carbocycles. The molecule has 2 aromatic rings. The van der Waals surface area contributed by atoms with Crippen LogP contribution < -0.4 is 0 Å². The van der Waals surface area contributed by atoms with E-state index in [1.807, 2.05) is 37.5 Å². The summed E-state index contributed by atoms with van der Waals surface area (Å²) in [5.74, 6) is 1.51. The third kappa shape index (κ3) is 6.08. The Kier molecular flexibility index (Phi) is 8.08. The number of hydrogen-bond acceptors (Lipinski definition) is 3. The standard InChI is InChI=1S/C26H38N2OSi/c1-21(2)26(3,4)30(7,8)29-25(23-17-13-10-14-18-23)19-24(20-27-28(5)6)22-15-11-9-12-16-22/h9-21,24H,1-8H3/b25-19+,27-20+. The maximum absolute atomic E-state index is 6.93. The van der Waals surface area contributed by atoms with Gasteiger partial charge in [0.15, 0.2) is 0 Å². The van der Waals surface area contributed by atoms with Crippen molar-refractivity contribution in [3.63, 3.8) is 0 Å². The molecule has 0 N–H and O–H groups in total. The summed E-state index contributed by atoms with van der Waals surface area (Å²) in [6.45, 7) is 13.9. The topological polar surface area (TPSA) is 24.8 Å². The van der Waals surface area contributed by atoms with Crippen LogP contribution in [0, 0.1) is 5.92 Å². The second-order valence-corrected chi connectivity index (χ2v) is 13.9. The van der Waals surface area contributed by atoms with E-state index in [4.69, 9.17) is 4.43 Å². The van der Waals surface area contributed by atoms with E-state index in [1.165, 1.54) is 5.56 Å². The minimum Gasteiger partial charge on any atom is -0.543 e. The van der Waals surface area contributed by atoms with Gasteiger partial charge in [-0.05, 0) is 35.7 Å². The zero-order chi connectivity index (χ0) is 22.4. The molecule has 4 heteroatoms. The lowest BCUT2D eigenvalue weighted by atomic mass is 9.98. The van der Waals surface area contributed by atoms with Crippen molar-refractivity contribution >= 4 is 20.3 Å². The van der Waals surface area contributed by atoms with Crippen molar-refractivity contribution in [2.24, 2.45) is 11.0 Å². The van der Waals surface area contributed by atoms with Crippen molar-refractivity contribution in [1.29, 1.82) is 0 Å². The molecule has 0 fully saturated rings. The van der Waals surface area contributed by atoms with Gasteiger partial charge in [0.2, 0.25) is 0 Å². The molecule has 0 aliphatic heterocycles. The van der Waals surface area contributed by atoms with Gasteiger partial charge in [-0.2, -0.15) is 5.10 Å². The van der Waals surface area contributed by atoms with Crippen molar-refractivity contribution in [1.82, 2.24) is 5.01 Å². The smallest absolute Gasteiger partial charge is 0.251 e. The summed E-state index contributed by atoms with van der Waals surface area (Å²) in [6.07, 6.45) is 4.21. The maximum atomic E-state index is 6.93. The number of hydrazone groups is 1. The van der Waals surface area contributed by atoms with Crippen LogP contribution in [0.5, 0.6) is 0 Å². The van der Waals surface area contributed by atoms with E-state index in [0.29, 0.717) is 5.92 Å². The predicted octanol–water partition coefficient (Wildman–Crippen LogP) is 7.02. The van der Waals surface area contributed by atoms with Crippen LogP contribution in [0.4, 0.5) is 0 Å².